The lowest BCUT2D eigenvalue weighted by Gasteiger charge is -2.14. The van der Waals surface area contributed by atoms with Gasteiger partial charge in [-0.05, 0) is 36.4 Å². The van der Waals surface area contributed by atoms with Crippen LogP contribution < -0.4 is 10.6 Å². The Balaban J connectivity index is 1.84. The number of nitrogens with one attached hydrogen (secondary N) is 2. The van der Waals surface area contributed by atoms with Crippen molar-refractivity contribution in [1.29, 1.82) is 0 Å². The summed E-state index contributed by atoms with van der Waals surface area (Å²) in [6.07, 6.45) is 0. The van der Waals surface area contributed by atoms with E-state index in [0.29, 0.717) is 5.89 Å². The lowest BCUT2D eigenvalue weighted by molar-refractivity contribution is -0.119. The van der Waals surface area contributed by atoms with Crippen LogP contribution in [0.15, 0.2) is 64.2 Å². The van der Waals surface area contributed by atoms with Gasteiger partial charge in [0.1, 0.15) is 5.25 Å². The van der Waals surface area contributed by atoms with Crippen molar-refractivity contribution >= 4 is 23.7 Å². The molecule has 7 nitrogen and oxygen atoms in total. The Hall–Kier alpha value is -3.13. The molecule has 0 unspecified atom stereocenters. The van der Waals surface area contributed by atoms with E-state index in [4.69, 9.17) is 4.42 Å². The zero-order valence-corrected chi connectivity index (χ0v) is 15.6. The average Bonchev–Trinajstić information content (AvgIpc) is 3.15. The van der Waals surface area contributed by atoms with Gasteiger partial charge in [0.25, 0.3) is 5.22 Å². The average molecular weight is 382 g/mol. The van der Waals surface area contributed by atoms with Gasteiger partial charge in [-0.15, -0.1) is 10.2 Å². The molecule has 0 fully saturated rings. The third kappa shape index (κ3) is 4.73. The van der Waals surface area contributed by atoms with Gasteiger partial charge < -0.3 is 9.73 Å². The summed E-state index contributed by atoms with van der Waals surface area (Å²) in [5.74, 6) is -0.0967. The molecular formula is C19H18N4O3S. The van der Waals surface area contributed by atoms with Crippen LogP contribution in [0, 0.1) is 6.92 Å². The van der Waals surface area contributed by atoms with E-state index < -0.39 is 17.2 Å². The van der Waals surface area contributed by atoms with Gasteiger partial charge in [-0.1, -0.05) is 48.0 Å². The SMILES string of the molecule is CNC(=O)NC(=O)[C@H](Sc1nnc(-c2cccc(C)c2)o1)c1ccccc1. The van der Waals surface area contributed by atoms with Crippen LogP contribution in [0.4, 0.5) is 4.79 Å². The van der Waals surface area contributed by atoms with Gasteiger partial charge in [-0.2, -0.15) is 0 Å². The van der Waals surface area contributed by atoms with Crippen LogP contribution in [0.2, 0.25) is 0 Å². The molecule has 2 aromatic carbocycles. The van der Waals surface area contributed by atoms with Crippen molar-refractivity contribution in [2.75, 3.05) is 7.05 Å². The number of nitrogens with zero attached hydrogens (tertiary/aromatic N) is 2. The number of carbonyl (C=O) groups excluding carboxylic acids is 2. The summed E-state index contributed by atoms with van der Waals surface area (Å²) >= 11 is 1.09. The third-order valence-electron chi connectivity index (χ3n) is 3.69. The minimum Gasteiger partial charge on any atom is -0.411 e. The Morgan fingerprint density at radius 3 is 2.56 bits per heavy atom. The summed E-state index contributed by atoms with van der Waals surface area (Å²) in [7, 11) is 1.44. The largest absolute Gasteiger partial charge is 0.411 e. The van der Waals surface area contributed by atoms with Crippen LogP contribution in [-0.4, -0.2) is 29.2 Å². The molecule has 1 heterocycles. The van der Waals surface area contributed by atoms with Crippen molar-refractivity contribution in [3.63, 3.8) is 0 Å². The van der Waals surface area contributed by atoms with Gasteiger partial charge in [-0.3, -0.25) is 10.1 Å². The second kappa shape index (κ2) is 8.50. The van der Waals surface area contributed by atoms with Crippen LogP contribution in [0.3, 0.4) is 0 Å². The molecule has 0 bridgehead atoms. The Morgan fingerprint density at radius 2 is 1.85 bits per heavy atom. The third-order valence-corrected chi connectivity index (χ3v) is 4.78. The van der Waals surface area contributed by atoms with E-state index >= 15 is 0 Å². The predicted octanol–water partition coefficient (Wildman–Crippen LogP) is 3.33. The highest BCUT2D eigenvalue weighted by molar-refractivity contribution is 8.00. The molecule has 2 N–H and O–H groups in total. The van der Waals surface area contributed by atoms with E-state index in [2.05, 4.69) is 20.8 Å². The van der Waals surface area contributed by atoms with E-state index in [1.54, 1.807) is 12.1 Å². The molecule has 3 amide bonds. The molecule has 138 valence electrons. The Morgan fingerprint density at radius 1 is 1.07 bits per heavy atom. The molecular weight excluding hydrogens is 364 g/mol. The Bertz CT molecular complexity index is 943. The monoisotopic (exact) mass is 382 g/mol. The number of carbonyl (C=O) groups is 2. The number of hydrogen-bond donors (Lipinski definition) is 2. The highest BCUT2D eigenvalue weighted by atomic mass is 32.2. The van der Waals surface area contributed by atoms with Crippen LogP contribution in [0.1, 0.15) is 16.4 Å². The lowest BCUT2D eigenvalue weighted by atomic mass is 10.1. The number of amides is 3. The van der Waals surface area contributed by atoms with Crippen LogP contribution >= 0.6 is 11.8 Å². The summed E-state index contributed by atoms with van der Waals surface area (Å²) in [6, 6.07) is 16.2. The number of hydrogen-bond acceptors (Lipinski definition) is 6. The maximum atomic E-state index is 12.6. The number of imide groups is 1. The molecule has 0 saturated heterocycles. The zero-order chi connectivity index (χ0) is 19.2. The number of benzene rings is 2. The topological polar surface area (TPSA) is 97.1 Å². The Kier molecular flexibility index (Phi) is 5.87. The minimum absolute atomic E-state index is 0.243. The first-order chi connectivity index (χ1) is 13.1. The second-order valence-corrected chi connectivity index (χ2v) is 6.78. The maximum Gasteiger partial charge on any atom is 0.321 e. The van der Waals surface area contributed by atoms with Crippen molar-refractivity contribution < 1.29 is 14.0 Å². The van der Waals surface area contributed by atoms with Gasteiger partial charge in [0, 0.05) is 12.6 Å². The molecule has 0 aliphatic rings. The molecule has 0 aliphatic carbocycles. The van der Waals surface area contributed by atoms with Gasteiger partial charge >= 0.3 is 6.03 Å². The highest BCUT2D eigenvalue weighted by Gasteiger charge is 2.26. The van der Waals surface area contributed by atoms with Crippen molar-refractivity contribution in [3.05, 3.63) is 65.7 Å². The van der Waals surface area contributed by atoms with Gasteiger partial charge in [0.2, 0.25) is 11.8 Å². The zero-order valence-electron chi connectivity index (χ0n) is 14.8. The second-order valence-electron chi connectivity index (χ2n) is 5.72. The molecule has 0 saturated carbocycles. The van der Waals surface area contributed by atoms with E-state index in [1.807, 2.05) is 49.4 Å². The van der Waals surface area contributed by atoms with Crippen LogP contribution in [0.25, 0.3) is 11.5 Å². The molecule has 0 spiro atoms. The van der Waals surface area contributed by atoms with Crippen LogP contribution in [0.5, 0.6) is 0 Å². The number of rotatable bonds is 5. The first-order valence-corrected chi connectivity index (χ1v) is 9.09. The first-order valence-electron chi connectivity index (χ1n) is 8.21. The van der Waals surface area contributed by atoms with Crippen molar-refractivity contribution in [1.82, 2.24) is 20.8 Å². The fourth-order valence-corrected chi connectivity index (χ4v) is 3.27. The van der Waals surface area contributed by atoms with Crippen molar-refractivity contribution in [2.24, 2.45) is 0 Å². The number of aryl methyl sites for hydroxylation is 1. The molecule has 27 heavy (non-hydrogen) atoms. The molecule has 0 radical (unpaired) electrons. The van der Waals surface area contributed by atoms with E-state index in [-0.39, 0.29) is 5.22 Å². The number of thioether (sulfide) groups is 1. The van der Waals surface area contributed by atoms with E-state index in [9.17, 15) is 9.59 Å². The summed E-state index contributed by atoms with van der Waals surface area (Å²) in [6.45, 7) is 1.98. The number of aromatic nitrogens is 2. The lowest BCUT2D eigenvalue weighted by Crippen LogP contribution is -2.39. The smallest absolute Gasteiger partial charge is 0.321 e. The molecule has 0 aliphatic heterocycles. The summed E-state index contributed by atoms with van der Waals surface area (Å²) in [4.78, 5) is 24.1. The fraction of sp³-hybridized carbons (Fsp3) is 0.158. The fourth-order valence-electron chi connectivity index (χ4n) is 2.39. The quantitative estimate of drug-likeness (QED) is 0.657. The number of urea groups is 1. The standard InChI is InChI=1S/C19H18N4O3S/c1-12-7-6-10-14(11-12)17-22-23-19(26-17)27-15(13-8-4-3-5-9-13)16(24)21-18(25)20-2/h3-11,15H,1-2H3,(H2,20,21,24,25)/t15-/m1/s1. The van der Waals surface area contributed by atoms with Gasteiger partial charge in [-0.25, -0.2) is 4.79 Å². The van der Waals surface area contributed by atoms with E-state index in [0.717, 1.165) is 28.5 Å². The summed E-state index contributed by atoms with van der Waals surface area (Å²) in [5, 5.41) is 12.3. The molecule has 8 heteroatoms. The van der Waals surface area contributed by atoms with Crippen molar-refractivity contribution in [3.8, 4) is 11.5 Å². The van der Waals surface area contributed by atoms with Crippen LogP contribution in [-0.2, 0) is 4.79 Å². The molecule has 3 aromatic rings. The Labute approximate surface area is 160 Å². The first kappa shape index (κ1) is 18.7. The van der Waals surface area contributed by atoms with E-state index in [1.165, 1.54) is 7.05 Å². The molecule has 1 aromatic heterocycles. The normalized spacial score (nSPS) is 11.6. The summed E-state index contributed by atoms with van der Waals surface area (Å²) < 4.78 is 5.72. The predicted molar refractivity (Wildman–Crippen MR) is 102 cm³/mol. The molecule has 3 rings (SSSR count). The highest BCUT2D eigenvalue weighted by Crippen LogP contribution is 2.35. The molecule has 1 atom stereocenters. The van der Waals surface area contributed by atoms with Gasteiger partial charge in [0.15, 0.2) is 0 Å². The van der Waals surface area contributed by atoms with Crippen molar-refractivity contribution in [2.45, 2.75) is 17.4 Å². The maximum absolute atomic E-state index is 12.6. The minimum atomic E-state index is -0.714. The summed E-state index contributed by atoms with van der Waals surface area (Å²) in [5.41, 5.74) is 2.60. The van der Waals surface area contributed by atoms with Gasteiger partial charge in [0.05, 0.1) is 0 Å².